The topological polar surface area (TPSA) is 344 Å². The maximum Gasteiger partial charge on any atom is 0.364 e. The van der Waals surface area contributed by atoms with Crippen molar-refractivity contribution in [1.82, 2.24) is 5.32 Å². The number of hydrogen-bond acceptors (Lipinski definition) is 19. The number of allylic oxidation sites excluding steroid dienone is 1. The molecule has 0 spiro atoms. The fourth-order valence-electron chi connectivity index (χ4n) is 10.7. The van der Waals surface area contributed by atoms with Gasteiger partial charge in [-0.1, -0.05) is 187 Å². The van der Waals surface area contributed by atoms with Gasteiger partial charge in [-0.25, -0.2) is 4.79 Å². The Morgan fingerprint density at radius 1 is 0.633 bits per heavy atom. The summed E-state index contributed by atoms with van der Waals surface area (Å²) in [4.78, 5) is 26.2. The molecule has 21 nitrogen and oxygen atoms in total. The quantitative estimate of drug-likeness (QED) is 0.0299. The first-order valence-electron chi connectivity index (χ1n) is 30.4. The van der Waals surface area contributed by atoms with Crippen LogP contribution in [0.4, 0.5) is 0 Å². The van der Waals surface area contributed by atoms with Crippen LogP contribution in [0.15, 0.2) is 12.2 Å². The molecule has 5 unspecified atom stereocenters. The smallest absolute Gasteiger partial charge is 0.364 e. The molecule has 3 rings (SSSR count). The van der Waals surface area contributed by atoms with Gasteiger partial charge >= 0.3 is 5.97 Å². The van der Waals surface area contributed by atoms with Gasteiger partial charge in [0.15, 0.2) is 12.6 Å². The maximum absolute atomic E-state index is 13.3. The number of unbranched alkanes of at least 4 members (excludes halogenated alkanes) is 25. The minimum absolute atomic E-state index is 0.218. The minimum Gasteiger partial charge on any atom is -0.477 e. The molecule has 0 aliphatic carbocycles. The molecular weight excluding hydrogens is 1030 g/mol. The molecule has 0 aromatic heterocycles. The SMILES string of the molecule is CCCCCCCCCCCCC/C=C/[C@@H](O)[C@H](CO[C@H]1O[C@H](CO)[C@@H](O[C@@H]2OC(CO)[C@H](O)[C@H](O[C@]3(C(=O)O)CC(O)[C@H](C)[C@H]([C@H](O)[C@H](O)CO)O3)C2O)C(O)C1O)NC(=O)CCCCCCCCCCCCCCCCC. The van der Waals surface area contributed by atoms with Gasteiger partial charge in [0.25, 0.3) is 5.79 Å². The molecule has 13 N–H and O–H groups in total. The summed E-state index contributed by atoms with van der Waals surface area (Å²) in [6, 6.07) is -1.01. The van der Waals surface area contributed by atoms with E-state index in [0.717, 1.165) is 38.5 Å². The lowest BCUT2D eigenvalue weighted by molar-refractivity contribution is -0.388. The highest BCUT2D eigenvalue weighted by molar-refractivity contribution is 5.76. The van der Waals surface area contributed by atoms with Gasteiger partial charge < -0.3 is 95.0 Å². The second kappa shape index (κ2) is 40.3. The van der Waals surface area contributed by atoms with E-state index >= 15 is 0 Å². The van der Waals surface area contributed by atoms with Crippen molar-refractivity contribution in [3.05, 3.63) is 12.2 Å². The number of ether oxygens (including phenoxy) is 6. The minimum atomic E-state index is -2.91. The molecule has 3 fully saturated rings. The summed E-state index contributed by atoms with van der Waals surface area (Å²) in [6.45, 7) is 2.66. The van der Waals surface area contributed by atoms with Gasteiger partial charge in [0.05, 0.1) is 50.8 Å². The first kappa shape index (κ1) is 71.3. The molecule has 0 aromatic rings. The van der Waals surface area contributed by atoms with Crippen molar-refractivity contribution >= 4 is 11.9 Å². The Hall–Kier alpha value is -2.00. The zero-order valence-corrected chi connectivity index (χ0v) is 47.9. The number of amides is 1. The summed E-state index contributed by atoms with van der Waals surface area (Å²) in [5.74, 6) is -6.12. The number of aliphatic carboxylic acids is 1. The number of nitrogens with one attached hydrogen (secondary N) is 1. The van der Waals surface area contributed by atoms with E-state index in [4.69, 9.17) is 28.4 Å². The van der Waals surface area contributed by atoms with Gasteiger partial charge in [0, 0.05) is 18.8 Å². The fourth-order valence-corrected chi connectivity index (χ4v) is 10.7. The molecule has 21 heteroatoms. The third kappa shape index (κ3) is 24.6. The van der Waals surface area contributed by atoms with Crippen molar-refractivity contribution in [3.63, 3.8) is 0 Å². The van der Waals surface area contributed by atoms with Crippen LogP contribution in [0.1, 0.15) is 207 Å². The summed E-state index contributed by atoms with van der Waals surface area (Å²) in [5.41, 5.74) is 0. The van der Waals surface area contributed by atoms with E-state index in [1.54, 1.807) is 6.08 Å². The number of carbonyl (C=O) groups excluding carboxylic acids is 1. The maximum atomic E-state index is 13.3. The average molecular weight is 1140 g/mol. The summed E-state index contributed by atoms with van der Waals surface area (Å²) in [5, 5.41) is 132. The Morgan fingerprint density at radius 3 is 1.62 bits per heavy atom. The van der Waals surface area contributed by atoms with Crippen molar-refractivity contribution < 1.29 is 99.3 Å². The van der Waals surface area contributed by atoms with Crippen molar-refractivity contribution in [2.75, 3.05) is 26.4 Å². The standard InChI is InChI=1S/C58H107NO20/c1-4-6-8-10-12-14-16-18-19-21-23-25-27-29-31-33-46(66)59-40(41(63)32-30-28-26-24-22-20-17-15-13-11-9-7-5-2)38-74-55-50(70)49(69)53(45(37-62)76-55)77-56-51(71)54(48(68)44(36-61)75-56)79-58(57(72)73)34-42(64)39(3)52(78-58)47(67)43(65)35-60/h30,32,39-45,47-56,60-65,67-71H,4-29,31,33-38H2,1-3H3,(H,59,66)(H,72,73)/b32-30+/t39-,40-,41+,42?,43+,44?,45+,47+,48-,49?,50?,51?,52+,53+,54-,55-,56-,58-/m0/s1. The Balaban J connectivity index is 1.63. The van der Waals surface area contributed by atoms with Crippen LogP contribution < -0.4 is 5.32 Å². The third-order valence-corrected chi connectivity index (χ3v) is 15.9. The summed E-state index contributed by atoms with van der Waals surface area (Å²) in [6.07, 6.45) is 7.68. The molecular formula is C58H107NO20. The van der Waals surface area contributed by atoms with Crippen molar-refractivity contribution in [2.45, 2.75) is 311 Å². The van der Waals surface area contributed by atoms with Crippen LogP contribution in [0.3, 0.4) is 0 Å². The number of hydrogen-bond donors (Lipinski definition) is 13. The Morgan fingerprint density at radius 2 is 1.13 bits per heavy atom. The van der Waals surface area contributed by atoms with Gasteiger partial charge in [-0.3, -0.25) is 4.79 Å². The van der Waals surface area contributed by atoms with Crippen molar-refractivity contribution in [1.29, 1.82) is 0 Å². The van der Waals surface area contributed by atoms with E-state index in [-0.39, 0.29) is 12.3 Å². The Bertz CT molecular complexity index is 1620. The molecule has 3 aliphatic heterocycles. The van der Waals surface area contributed by atoms with Gasteiger partial charge in [-0.2, -0.15) is 0 Å². The average Bonchev–Trinajstić information content (AvgIpc) is 3.51. The molecule has 0 saturated carbocycles. The van der Waals surface area contributed by atoms with E-state index in [2.05, 4.69) is 19.2 Å². The molecule has 0 bridgehead atoms. The van der Waals surface area contributed by atoms with Crippen LogP contribution in [0, 0.1) is 5.92 Å². The highest BCUT2D eigenvalue weighted by atomic mass is 16.8. The molecule has 0 radical (unpaired) electrons. The van der Waals surface area contributed by atoms with E-state index in [1.165, 1.54) is 129 Å². The van der Waals surface area contributed by atoms with Crippen LogP contribution in [-0.4, -0.2) is 203 Å². The monoisotopic (exact) mass is 1140 g/mol. The number of carboxylic acid groups (broad SMARTS) is 1. The van der Waals surface area contributed by atoms with Gasteiger partial charge in [0.2, 0.25) is 5.91 Å². The van der Waals surface area contributed by atoms with E-state index in [1.807, 2.05) is 6.08 Å². The summed E-state index contributed by atoms with van der Waals surface area (Å²) >= 11 is 0. The van der Waals surface area contributed by atoms with Crippen LogP contribution >= 0.6 is 0 Å². The molecule has 3 saturated heterocycles. The summed E-state index contributed by atoms with van der Waals surface area (Å²) in [7, 11) is 0. The number of carboxylic acids is 1. The predicted octanol–water partition coefficient (Wildman–Crippen LogP) is 4.30. The van der Waals surface area contributed by atoms with Crippen molar-refractivity contribution in [3.8, 4) is 0 Å². The highest BCUT2D eigenvalue weighted by Gasteiger charge is 2.59. The Labute approximate surface area is 470 Å². The van der Waals surface area contributed by atoms with E-state index in [9.17, 15) is 70.9 Å². The lowest BCUT2D eigenvalue weighted by Gasteiger charge is -2.50. The van der Waals surface area contributed by atoms with Crippen LogP contribution in [0.2, 0.25) is 0 Å². The third-order valence-electron chi connectivity index (χ3n) is 15.9. The molecule has 18 atom stereocenters. The van der Waals surface area contributed by atoms with Gasteiger partial charge in [-0.05, 0) is 19.3 Å². The number of aliphatic hydroxyl groups excluding tert-OH is 11. The largest absolute Gasteiger partial charge is 0.477 e. The lowest BCUT2D eigenvalue weighted by atomic mass is 9.84. The number of carbonyl (C=O) groups is 2. The van der Waals surface area contributed by atoms with Crippen LogP contribution in [-0.2, 0) is 38.0 Å². The molecule has 464 valence electrons. The zero-order chi connectivity index (χ0) is 58.2. The Kier molecular flexibility index (Phi) is 36.3. The van der Waals surface area contributed by atoms with Crippen LogP contribution in [0.5, 0.6) is 0 Å². The molecule has 1 amide bonds. The molecule has 0 aromatic carbocycles. The highest BCUT2D eigenvalue weighted by Crippen LogP contribution is 2.40. The van der Waals surface area contributed by atoms with Crippen molar-refractivity contribution in [2.24, 2.45) is 5.92 Å². The number of aliphatic hydroxyl groups is 11. The zero-order valence-electron chi connectivity index (χ0n) is 47.9. The van der Waals surface area contributed by atoms with Gasteiger partial charge in [-0.15, -0.1) is 0 Å². The molecule has 79 heavy (non-hydrogen) atoms. The van der Waals surface area contributed by atoms with E-state index < -0.39 is 148 Å². The predicted molar refractivity (Wildman–Crippen MR) is 293 cm³/mol. The molecule has 3 aliphatic rings. The molecule has 3 heterocycles. The first-order valence-corrected chi connectivity index (χ1v) is 30.4. The number of rotatable bonds is 44. The first-order chi connectivity index (χ1) is 38.0. The summed E-state index contributed by atoms with van der Waals surface area (Å²) < 4.78 is 34.7. The second-order valence-electron chi connectivity index (χ2n) is 22.6. The second-order valence-corrected chi connectivity index (χ2v) is 22.6. The fraction of sp³-hybridized carbons (Fsp3) is 0.931. The van der Waals surface area contributed by atoms with Gasteiger partial charge in [0.1, 0.15) is 61.0 Å². The lowest BCUT2D eigenvalue weighted by Crippen LogP contribution is -2.68. The van der Waals surface area contributed by atoms with E-state index in [0.29, 0.717) is 12.8 Å². The van der Waals surface area contributed by atoms with Crippen LogP contribution in [0.25, 0.3) is 0 Å². The normalized spacial score (nSPS) is 31.0.